The van der Waals surface area contributed by atoms with E-state index >= 15 is 4.39 Å². The molecule has 2 N–H and O–H groups in total. The summed E-state index contributed by atoms with van der Waals surface area (Å²) in [6, 6.07) is 2.53. The fraction of sp³-hybridized carbons (Fsp3) is 0.562. The Hall–Kier alpha value is -4.03. The molecule has 0 radical (unpaired) electrons. The molecule has 3 fully saturated rings. The number of carbonyl (C=O) groups excluding carboxylic acids is 1. The van der Waals surface area contributed by atoms with Crippen LogP contribution in [0.3, 0.4) is 0 Å². The summed E-state index contributed by atoms with van der Waals surface area (Å²) in [6.45, 7) is 6.52. The van der Waals surface area contributed by atoms with Crippen LogP contribution in [0.4, 0.5) is 33.5 Å². The summed E-state index contributed by atoms with van der Waals surface area (Å²) >= 11 is 0. The number of aromatic nitrogens is 2. The first-order valence-electron chi connectivity index (χ1n) is 15.6. The van der Waals surface area contributed by atoms with Crippen molar-refractivity contribution in [2.75, 3.05) is 50.0 Å². The number of amides is 1. The molecule has 6 rings (SSSR count). The zero-order valence-corrected chi connectivity index (χ0v) is 26.0. The number of hydrogen-bond donors (Lipinski definition) is 1. The van der Waals surface area contributed by atoms with Gasteiger partial charge in [-0.05, 0) is 44.0 Å². The summed E-state index contributed by atoms with van der Waals surface area (Å²) in [5.74, 6) is -1.13. The summed E-state index contributed by atoms with van der Waals surface area (Å²) < 4.78 is 84.7. The van der Waals surface area contributed by atoms with E-state index in [0.717, 1.165) is 25.5 Å². The van der Waals surface area contributed by atoms with Crippen molar-refractivity contribution in [2.45, 2.75) is 75.7 Å². The van der Waals surface area contributed by atoms with Crippen LogP contribution in [0.15, 0.2) is 18.7 Å². The first-order chi connectivity index (χ1) is 22.3. The molecule has 47 heavy (non-hydrogen) atoms. The Labute approximate surface area is 268 Å². The van der Waals surface area contributed by atoms with Gasteiger partial charge in [-0.1, -0.05) is 6.58 Å². The number of anilines is 2. The number of hydrogen-bond acceptors (Lipinski definition) is 9. The number of piperazine rings is 1. The number of halogens is 5. The van der Waals surface area contributed by atoms with Crippen LogP contribution in [-0.2, 0) is 28.7 Å². The minimum absolute atomic E-state index is 0.0440. The van der Waals surface area contributed by atoms with E-state index < -0.39 is 52.7 Å². The first-order valence-corrected chi connectivity index (χ1v) is 15.6. The first kappa shape index (κ1) is 32.9. The van der Waals surface area contributed by atoms with Gasteiger partial charge < -0.3 is 25.0 Å². The molecule has 0 spiro atoms. The van der Waals surface area contributed by atoms with Gasteiger partial charge in [0.25, 0.3) is 0 Å². The van der Waals surface area contributed by atoms with Gasteiger partial charge in [-0.25, -0.2) is 8.78 Å². The van der Waals surface area contributed by atoms with Crippen LogP contribution >= 0.6 is 0 Å². The van der Waals surface area contributed by atoms with E-state index in [-0.39, 0.29) is 56.6 Å². The fourth-order valence-corrected chi connectivity index (χ4v) is 7.65. The molecular weight excluding hydrogens is 625 g/mol. The second kappa shape index (κ2) is 12.5. The molecule has 1 aromatic carbocycles. The van der Waals surface area contributed by atoms with Crippen molar-refractivity contribution in [3.63, 3.8) is 0 Å². The number of alkyl halides is 4. The SMILES string of the molecule is C=CC(=O)N1CCN(c2nc(OC[C@@]34CCCN3C[C@H](F)C4)nc3c2CO[C@H](c2c(F)c(N)cc(C)c2C(F)(F)F)C3)C[C@@H]1CC#N. The molecule has 4 aliphatic heterocycles. The number of carbonyl (C=O) groups is 1. The summed E-state index contributed by atoms with van der Waals surface area (Å²) in [7, 11) is 0. The van der Waals surface area contributed by atoms with Gasteiger partial charge in [0, 0.05) is 50.1 Å². The topological polar surface area (TPSA) is 121 Å². The molecule has 0 bridgehead atoms. The second-order valence-corrected chi connectivity index (χ2v) is 12.7. The Balaban J connectivity index is 1.38. The van der Waals surface area contributed by atoms with Crippen molar-refractivity contribution < 1.29 is 36.2 Å². The molecule has 1 amide bonds. The van der Waals surface area contributed by atoms with Gasteiger partial charge in [-0.15, -0.1) is 0 Å². The van der Waals surface area contributed by atoms with Gasteiger partial charge in [-0.2, -0.15) is 28.4 Å². The van der Waals surface area contributed by atoms with Crippen molar-refractivity contribution in [3.8, 4) is 12.1 Å². The molecule has 5 heterocycles. The highest BCUT2D eigenvalue weighted by Gasteiger charge is 2.49. The smallest absolute Gasteiger partial charge is 0.417 e. The number of aryl methyl sites for hydroxylation is 1. The van der Waals surface area contributed by atoms with E-state index in [0.29, 0.717) is 36.6 Å². The van der Waals surface area contributed by atoms with E-state index in [2.05, 4.69) is 22.5 Å². The fourth-order valence-electron chi connectivity index (χ4n) is 7.65. The third kappa shape index (κ3) is 6.09. The Kier molecular flexibility index (Phi) is 8.77. The highest BCUT2D eigenvalue weighted by Crippen LogP contribution is 2.45. The Morgan fingerprint density at radius 3 is 2.81 bits per heavy atom. The highest BCUT2D eigenvalue weighted by atomic mass is 19.4. The number of nitriles is 1. The average molecular weight is 662 g/mol. The predicted molar refractivity (Wildman–Crippen MR) is 161 cm³/mol. The number of nitrogens with two attached hydrogens (primary N) is 1. The molecule has 0 unspecified atom stereocenters. The lowest BCUT2D eigenvalue weighted by Gasteiger charge is -2.42. The number of rotatable bonds is 7. The minimum atomic E-state index is -4.87. The van der Waals surface area contributed by atoms with E-state index in [4.69, 9.17) is 20.2 Å². The van der Waals surface area contributed by atoms with Crippen molar-refractivity contribution in [1.29, 1.82) is 5.26 Å². The summed E-state index contributed by atoms with van der Waals surface area (Å²) in [5, 5.41) is 9.48. The molecule has 3 saturated heterocycles. The van der Waals surface area contributed by atoms with Gasteiger partial charge >= 0.3 is 12.2 Å². The lowest BCUT2D eigenvalue weighted by Crippen LogP contribution is -2.55. The van der Waals surface area contributed by atoms with Gasteiger partial charge in [0.15, 0.2) is 5.82 Å². The minimum Gasteiger partial charge on any atom is -0.461 e. The maximum atomic E-state index is 15.4. The number of ether oxygens (including phenoxy) is 2. The van der Waals surface area contributed by atoms with Crippen LogP contribution < -0.4 is 15.4 Å². The molecule has 4 atom stereocenters. The lowest BCUT2D eigenvalue weighted by atomic mass is 9.91. The molecule has 0 aliphatic carbocycles. The van der Waals surface area contributed by atoms with Gasteiger partial charge in [0.05, 0.1) is 53.7 Å². The van der Waals surface area contributed by atoms with Gasteiger partial charge in [0.1, 0.15) is 18.6 Å². The third-order valence-corrected chi connectivity index (χ3v) is 9.79. The molecule has 1 aromatic heterocycles. The van der Waals surface area contributed by atoms with Crippen LogP contribution in [0.5, 0.6) is 6.01 Å². The zero-order chi connectivity index (χ0) is 33.7. The van der Waals surface area contributed by atoms with Crippen molar-refractivity contribution in [2.24, 2.45) is 0 Å². The predicted octanol–water partition coefficient (Wildman–Crippen LogP) is 4.41. The molecule has 0 saturated carbocycles. The standard InChI is InChI=1S/C32H36F5N7O3/c1-3-25(45)44-10-9-42(15-20(44)5-7-38)29-21-16-46-24(26-27(32(35,36)37)18(2)11-22(39)28(26)34)12-23(21)40-30(41-29)47-17-31-6-4-8-43(31)14-19(33)13-31/h3,11,19-20,24H,1,4-6,8-10,12-17,39H2,2H3/t19-,20+,24+,31+/m1/s1. The van der Waals surface area contributed by atoms with E-state index in [1.54, 1.807) is 4.90 Å². The normalized spacial score (nSPS) is 26.1. The van der Waals surface area contributed by atoms with Crippen LogP contribution in [0.25, 0.3) is 0 Å². The number of fused-ring (bicyclic) bond motifs is 2. The Morgan fingerprint density at radius 1 is 1.30 bits per heavy atom. The number of nitrogens with zero attached hydrogens (tertiary/aromatic N) is 6. The van der Waals surface area contributed by atoms with Gasteiger partial charge in [0.2, 0.25) is 5.91 Å². The maximum Gasteiger partial charge on any atom is 0.417 e. The largest absolute Gasteiger partial charge is 0.461 e. The van der Waals surface area contributed by atoms with Crippen molar-refractivity contribution in [1.82, 2.24) is 19.8 Å². The van der Waals surface area contributed by atoms with Crippen LogP contribution in [0.1, 0.15) is 59.7 Å². The van der Waals surface area contributed by atoms with E-state index in [1.807, 2.05) is 4.90 Å². The van der Waals surface area contributed by atoms with Crippen molar-refractivity contribution >= 4 is 17.4 Å². The Morgan fingerprint density at radius 2 is 2.09 bits per heavy atom. The number of benzene rings is 1. The lowest BCUT2D eigenvalue weighted by molar-refractivity contribution is -0.140. The summed E-state index contributed by atoms with van der Waals surface area (Å²) in [5.41, 5.74) is 3.57. The van der Waals surface area contributed by atoms with Crippen molar-refractivity contribution in [3.05, 3.63) is 52.5 Å². The molecule has 10 nitrogen and oxygen atoms in total. The zero-order valence-electron chi connectivity index (χ0n) is 26.0. The van der Waals surface area contributed by atoms with Gasteiger partial charge in [-0.3, -0.25) is 9.69 Å². The van der Waals surface area contributed by atoms with E-state index in [1.165, 1.54) is 13.0 Å². The number of nitrogen functional groups attached to an aromatic ring is 1. The third-order valence-electron chi connectivity index (χ3n) is 9.79. The van der Waals surface area contributed by atoms with Crippen LogP contribution in [-0.4, -0.2) is 82.8 Å². The molecule has 4 aliphatic rings. The monoisotopic (exact) mass is 661 g/mol. The van der Waals surface area contributed by atoms with Crippen LogP contribution in [0.2, 0.25) is 0 Å². The summed E-state index contributed by atoms with van der Waals surface area (Å²) in [4.78, 5) is 27.3. The second-order valence-electron chi connectivity index (χ2n) is 12.7. The highest BCUT2D eigenvalue weighted by molar-refractivity contribution is 5.87. The maximum absolute atomic E-state index is 15.4. The quantitative estimate of drug-likeness (QED) is 0.261. The molecular formula is C32H36F5N7O3. The van der Waals surface area contributed by atoms with Crippen LogP contribution in [0, 0.1) is 24.1 Å². The Bertz CT molecular complexity index is 1610. The molecule has 15 heteroatoms. The summed E-state index contributed by atoms with van der Waals surface area (Å²) in [6.07, 6.45) is -4.27. The average Bonchev–Trinajstić information content (AvgIpc) is 3.55. The van der Waals surface area contributed by atoms with E-state index in [9.17, 15) is 27.6 Å². The molecule has 2 aromatic rings. The molecule has 252 valence electrons.